The Bertz CT molecular complexity index is 808. The quantitative estimate of drug-likeness (QED) is 0.616. The van der Waals surface area contributed by atoms with Gasteiger partial charge < -0.3 is 21.1 Å². The van der Waals surface area contributed by atoms with Crippen molar-refractivity contribution in [2.24, 2.45) is 0 Å². The molecule has 0 saturated carbocycles. The minimum absolute atomic E-state index is 0.0534. The Kier molecular flexibility index (Phi) is 4.53. The largest absolute Gasteiger partial charge is 0.508 e. The van der Waals surface area contributed by atoms with Gasteiger partial charge in [0.05, 0.1) is 0 Å². The molecule has 25 heavy (non-hydrogen) atoms. The number of aromatic nitrogens is 2. The molecule has 0 unspecified atom stereocenters. The summed E-state index contributed by atoms with van der Waals surface area (Å²) in [5, 5.41) is 19.7. The zero-order chi connectivity index (χ0) is 18.0. The van der Waals surface area contributed by atoms with Gasteiger partial charge in [-0.15, -0.1) is 0 Å². The number of aromatic hydroxyl groups is 1. The van der Waals surface area contributed by atoms with Crippen molar-refractivity contribution in [3.63, 3.8) is 0 Å². The monoisotopic (exact) mass is 339 g/mol. The maximum atomic E-state index is 9.61. The van der Waals surface area contributed by atoms with E-state index >= 15 is 0 Å². The van der Waals surface area contributed by atoms with Crippen molar-refractivity contribution in [2.45, 2.75) is 46.1 Å². The highest BCUT2D eigenvalue weighted by Crippen LogP contribution is 2.28. The van der Waals surface area contributed by atoms with Crippen LogP contribution in [0.15, 0.2) is 41.9 Å². The van der Waals surface area contributed by atoms with Crippen molar-refractivity contribution >= 4 is 17.5 Å². The van der Waals surface area contributed by atoms with Gasteiger partial charge in [0, 0.05) is 28.8 Å². The number of nitrogens with zero attached hydrogens (tertiary/aromatic N) is 2. The summed E-state index contributed by atoms with van der Waals surface area (Å²) in [7, 11) is 0. The molecule has 1 aliphatic rings. The topological polar surface area (TPSA) is 82.1 Å². The predicted molar refractivity (Wildman–Crippen MR) is 101 cm³/mol. The average Bonchev–Trinajstić information content (AvgIpc) is 2.53. The molecule has 0 amide bonds. The number of nitrogens with one attached hydrogen (secondary N) is 3. The van der Waals surface area contributed by atoms with Gasteiger partial charge in [-0.1, -0.05) is 0 Å². The van der Waals surface area contributed by atoms with E-state index in [9.17, 15) is 5.11 Å². The van der Waals surface area contributed by atoms with E-state index in [1.807, 2.05) is 19.1 Å². The van der Waals surface area contributed by atoms with E-state index in [4.69, 9.17) is 0 Å². The average molecular weight is 339 g/mol. The first-order valence-corrected chi connectivity index (χ1v) is 8.47. The highest BCUT2D eigenvalue weighted by atomic mass is 16.3. The Morgan fingerprint density at radius 3 is 2.44 bits per heavy atom. The minimum atomic E-state index is 0.0534. The summed E-state index contributed by atoms with van der Waals surface area (Å²) in [5.41, 5.74) is 4.12. The Morgan fingerprint density at radius 1 is 1.04 bits per heavy atom. The second-order valence-corrected chi connectivity index (χ2v) is 7.35. The van der Waals surface area contributed by atoms with Crippen molar-refractivity contribution < 1.29 is 5.11 Å². The van der Waals surface area contributed by atoms with Crippen molar-refractivity contribution in [2.75, 3.05) is 10.6 Å². The number of hydrogen-bond acceptors (Lipinski definition) is 6. The molecule has 3 rings (SSSR count). The number of phenols is 1. The zero-order valence-electron chi connectivity index (χ0n) is 15.1. The van der Waals surface area contributed by atoms with Gasteiger partial charge in [0.25, 0.3) is 0 Å². The number of anilines is 3. The van der Waals surface area contributed by atoms with Crippen LogP contribution in [-0.4, -0.2) is 20.6 Å². The Balaban J connectivity index is 1.71. The maximum absolute atomic E-state index is 9.61. The number of hydrogen-bond donors (Lipinski definition) is 4. The normalized spacial score (nSPS) is 14.1. The molecule has 0 saturated heterocycles. The maximum Gasteiger partial charge on any atom is 0.229 e. The van der Waals surface area contributed by atoms with Gasteiger partial charge >= 0.3 is 0 Å². The molecule has 1 aromatic carbocycles. The molecular formula is C19H25N5O. The molecule has 0 fully saturated rings. The van der Waals surface area contributed by atoms with Gasteiger partial charge in [-0.25, -0.2) is 4.98 Å². The Morgan fingerprint density at radius 2 is 1.80 bits per heavy atom. The number of phenolic OH excluding ortho intramolecular Hbond substituents is 1. The molecule has 0 spiro atoms. The van der Waals surface area contributed by atoms with Crippen LogP contribution in [0.3, 0.4) is 0 Å². The smallest absolute Gasteiger partial charge is 0.229 e. The van der Waals surface area contributed by atoms with Gasteiger partial charge in [-0.2, -0.15) is 4.98 Å². The fraction of sp³-hybridized carbons (Fsp3) is 0.368. The fourth-order valence-corrected chi connectivity index (χ4v) is 2.61. The summed E-state index contributed by atoms with van der Waals surface area (Å²) < 4.78 is 0. The fourth-order valence-electron chi connectivity index (χ4n) is 2.61. The Hall–Kier alpha value is -2.76. The van der Waals surface area contributed by atoms with Gasteiger partial charge in [0.1, 0.15) is 11.6 Å². The second kappa shape index (κ2) is 6.63. The number of rotatable bonds is 5. The van der Waals surface area contributed by atoms with Crippen LogP contribution in [0.2, 0.25) is 0 Å². The van der Waals surface area contributed by atoms with Gasteiger partial charge in [-0.3, -0.25) is 0 Å². The SMILES string of the molecule is Cc1cc(Nc2nccc(NC3=C(NC(C)(C)C)CC3)n2)ccc1O. The van der Waals surface area contributed by atoms with Crippen LogP contribution < -0.4 is 16.0 Å². The third-order valence-corrected chi connectivity index (χ3v) is 3.90. The summed E-state index contributed by atoms with van der Waals surface area (Å²) in [6.07, 6.45) is 3.80. The lowest BCUT2D eigenvalue weighted by atomic mass is 9.97. The van der Waals surface area contributed by atoms with E-state index in [1.54, 1.807) is 18.3 Å². The van der Waals surface area contributed by atoms with E-state index in [-0.39, 0.29) is 11.3 Å². The first kappa shape index (κ1) is 17.1. The van der Waals surface area contributed by atoms with Crippen molar-refractivity contribution in [1.29, 1.82) is 0 Å². The molecule has 0 radical (unpaired) electrons. The number of allylic oxidation sites excluding steroid dienone is 2. The molecule has 1 heterocycles. The lowest BCUT2D eigenvalue weighted by molar-refractivity contribution is 0.446. The molecule has 6 heteroatoms. The summed E-state index contributed by atoms with van der Waals surface area (Å²) >= 11 is 0. The highest BCUT2D eigenvalue weighted by molar-refractivity contribution is 5.58. The van der Waals surface area contributed by atoms with E-state index in [2.05, 4.69) is 46.7 Å². The van der Waals surface area contributed by atoms with Crippen LogP contribution in [0.25, 0.3) is 0 Å². The lowest BCUT2D eigenvalue weighted by Gasteiger charge is -2.32. The van der Waals surface area contributed by atoms with Crippen LogP contribution in [0.1, 0.15) is 39.2 Å². The molecule has 4 N–H and O–H groups in total. The number of aryl methyl sites for hydroxylation is 1. The predicted octanol–water partition coefficient (Wildman–Crippen LogP) is 4.04. The van der Waals surface area contributed by atoms with Crippen LogP contribution in [-0.2, 0) is 0 Å². The molecule has 0 atom stereocenters. The van der Waals surface area contributed by atoms with Crippen molar-refractivity contribution in [1.82, 2.24) is 15.3 Å². The molecular weight excluding hydrogens is 314 g/mol. The molecule has 6 nitrogen and oxygen atoms in total. The van der Waals surface area contributed by atoms with Crippen LogP contribution in [0.4, 0.5) is 17.5 Å². The third kappa shape index (κ3) is 4.41. The zero-order valence-corrected chi connectivity index (χ0v) is 15.1. The van der Waals surface area contributed by atoms with Crippen molar-refractivity contribution in [3.8, 4) is 5.75 Å². The van der Waals surface area contributed by atoms with Crippen molar-refractivity contribution in [3.05, 3.63) is 47.4 Å². The summed E-state index contributed by atoms with van der Waals surface area (Å²) in [4.78, 5) is 8.78. The molecule has 2 aromatic rings. The van der Waals surface area contributed by atoms with Crippen LogP contribution >= 0.6 is 0 Å². The molecule has 1 aliphatic carbocycles. The summed E-state index contributed by atoms with van der Waals surface area (Å²) in [6, 6.07) is 7.17. The summed E-state index contributed by atoms with van der Waals surface area (Å²) in [5.74, 6) is 1.55. The molecule has 0 bridgehead atoms. The Labute approximate surface area is 148 Å². The first-order valence-electron chi connectivity index (χ1n) is 8.47. The second-order valence-electron chi connectivity index (χ2n) is 7.35. The van der Waals surface area contributed by atoms with E-state index in [0.29, 0.717) is 5.95 Å². The molecule has 0 aliphatic heterocycles. The summed E-state index contributed by atoms with van der Waals surface area (Å²) in [6.45, 7) is 8.32. The van der Waals surface area contributed by atoms with Gasteiger partial charge in [0.2, 0.25) is 5.95 Å². The van der Waals surface area contributed by atoms with Crippen LogP contribution in [0.5, 0.6) is 5.75 Å². The highest BCUT2D eigenvalue weighted by Gasteiger charge is 2.22. The standard InChI is InChI=1S/C19H25N5O/c1-12-11-13(5-8-16(12)25)21-18-20-10-9-17(23-18)22-14-6-7-15(14)24-19(2,3)4/h5,8-11,24-25H,6-7H2,1-4H3,(H2,20,21,22,23). The van der Waals surface area contributed by atoms with E-state index in [0.717, 1.165) is 29.9 Å². The lowest BCUT2D eigenvalue weighted by Crippen LogP contribution is -2.38. The third-order valence-electron chi connectivity index (χ3n) is 3.90. The first-order chi connectivity index (χ1) is 11.8. The van der Waals surface area contributed by atoms with Gasteiger partial charge in [0.15, 0.2) is 0 Å². The molecule has 132 valence electrons. The van der Waals surface area contributed by atoms with E-state index < -0.39 is 0 Å². The van der Waals surface area contributed by atoms with E-state index in [1.165, 1.54) is 11.4 Å². The molecule has 1 aromatic heterocycles. The van der Waals surface area contributed by atoms with Crippen LogP contribution in [0, 0.1) is 6.92 Å². The number of benzene rings is 1. The minimum Gasteiger partial charge on any atom is -0.508 e. The van der Waals surface area contributed by atoms with Gasteiger partial charge in [-0.05, 0) is 70.4 Å².